The number of aliphatic hydroxyl groups excluding tert-OH is 1. The van der Waals surface area contributed by atoms with E-state index in [-0.39, 0.29) is 0 Å². The molecule has 1 aromatic heterocycles. The van der Waals surface area contributed by atoms with Crippen molar-refractivity contribution in [3.05, 3.63) is 50.9 Å². The molecule has 0 saturated carbocycles. The number of benzene rings is 1. The van der Waals surface area contributed by atoms with Gasteiger partial charge in [-0.3, -0.25) is 4.98 Å². The van der Waals surface area contributed by atoms with Crippen LogP contribution in [0.25, 0.3) is 0 Å². The van der Waals surface area contributed by atoms with Crippen molar-refractivity contribution in [1.29, 1.82) is 0 Å². The topological polar surface area (TPSA) is 33.1 Å². The minimum absolute atomic E-state index is 0.489. The van der Waals surface area contributed by atoms with Gasteiger partial charge in [0.05, 0.1) is 11.6 Å². The van der Waals surface area contributed by atoms with E-state index in [4.69, 9.17) is 11.6 Å². The van der Waals surface area contributed by atoms with Gasteiger partial charge in [0.1, 0.15) is 0 Å². The van der Waals surface area contributed by atoms with Gasteiger partial charge in [0.2, 0.25) is 0 Å². The Balaban J connectivity index is 2.14. The molecule has 2 rings (SSSR count). The van der Waals surface area contributed by atoms with Gasteiger partial charge in [-0.1, -0.05) is 23.7 Å². The van der Waals surface area contributed by atoms with Crippen molar-refractivity contribution in [3.8, 4) is 0 Å². The zero-order valence-electron chi connectivity index (χ0n) is 8.85. The summed E-state index contributed by atoms with van der Waals surface area (Å²) in [5.41, 5.74) is 3.66. The van der Waals surface area contributed by atoms with Crippen molar-refractivity contribution in [2.24, 2.45) is 0 Å². The third kappa shape index (κ3) is 2.61. The van der Waals surface area contributed by atoms with Gasteiger partial charge in [-0.05, 0) is 24.1 Å². The third-order valence-electron chi connectivity index (χ3n) is 2.44. The summed E-state index contributed by atoms with van der Waals surface area (Å²) in [5, 5.41) is 10.8. The molecule has 0 saturated heterocycles. The van der Waals surface area contributed by atoms with E-state index < -0.39 is 6.10 Å². The van der Waals surface area contributed by atoms with E-state index in [0.29, 0.717) is 6.42 Å². The molecule has 1 unspecified atom stereocenters. The number of thiazole rings is 1. The third-order valence-corrected chi connectivity index (χ3v) is 3.67. The molecule has 1 heterocycles. The summed E-state index contributed by atoms with van der Waals surface area (Å²) < 4.78 is 0. The largest absolute Gasteiger partial charge is 0.388 e. The molecule has 0 aliphatic heterocycles. The van der Waals surface area contributed by atoms with Gasteiger partial charge in [-0.15, -0.1) is 11.3 Å². The monoisotopic (exact) mass is 253 g/mol. The number of halogens is 1. The maximum atomic E-state index is 10.0. The maximum absolute atomic E-state index is 10.0. The van der Waals surface area contributed by atoms with Crippen LogP contribution in [-0.4, -0.2) is 10.1 Å². The van der Waals surface area contributed by atoms with E-state index in [1.165, 1.54) is 0 Å². The first-order valence-corrected chi connectivity index (χ1v) is 6.24. The molecule has 2 nitrogen and oxygen atoms in total. The summed E-state index contributed by atoms with van der Waals surface area (Å²) in [6, 6.07) is 5.61. The van der Waals surface area contributed by atoms with Crippen molar-refractivity contribution >= 4 is 22.9 Å². The molecule has 4 heteroatoms. The molecule has 1 N–H and O–H groups in total. The molecule has 0 spiro atoms. The molecule has 84 valence electrons. The van der Waals surface area contributed by atoms with Crippen LogP contribution in [0.5, 0.6) is 0 Å². The smallest absolute Gasteiger partial charge is 0.0838 e. The fourth-order valence-electron chi connectivity index (χ4n) is 1.53. The summed E-state index contributed by atoms with van der Waals surface area (Å²) in [7, 11) is 0. The molecule has 1 aromatic carbocycles. The van der Waals surface area contributed by atoms with Gasteiger partial charge in [0.15, 0.2) is 0 Å². The fourth-order valence-corrected chi connectivity index (χ4v) is 2.28. The molecule has 0 bridgehead atoms. The van der Waals surface area contributed by atoms with Crippen LogP contribution in [0.15, 0.2) is 29.9 Å². The molecule has 2 aromatic rings. The number of aliphatic hydroxyl groups is 1. The Morgan fingerprint density at radius 2 is 2.31 bits per heavy atom. The minimum Gasteiger partial charge on any atom is -0.388 e. The van der Waals surface area contributed by atoms with Crippen LogP contribution in [0.3, 0.4) is 0 Å². The first kappa shape index (κ1) is 11.6. The molecule has 0 amide bonds. The number of nitrogens with zero attached hydrogens (tertiary/aromatic N) is 1. The molecule has 0 aliphatic carbocycles. The zero-order chi connectivity index (χ0) is 11.5. The Hall–Kier alpha value is -0.900. The van der Waals surface area contributed by atoms with Crippen LogP contribution < -0.4 is 0 Å². The number of hydrogen-bond acceptors (Lipinski definition) is 3. The Kier molecular flexibility index (Phi) is 3.59. The second-order valence-electron chi connectivity index (χ2n) is 3.70. The number of hydrogen-bond donors (Lipinski definition) is 1. The molecular formula is C12H12ClNOS. The second kappa shape index (κ2) is 4.95. The Labute approximate surface area is 104 Å². The van der Waals surface area contributed by atoms with Crippen LogP contribution in [0.1, 0.15) is 22.1 Å². The first-order chi connectivity index (χ1) is 7.66. The van der Waals surface area contributed by atoms with Crippen molar-refractivity contribution < 1.29 is 5.11 Å². The van der Waals surface area contributed by atoms with E-state index >= 15 is 0 Å². The lowest BCUT2D eigenvalue weighted by Gasteiger charge is -2.10. The van der Waals surface area contributed by atoms with Crippen LogP contribution in [0.4, 0.5) is 0 Å². The van der Waals surface area contributed by atoms with Gasteiger partial charge < -0.3 is 5.11 Å². The van der Waals surface area contributed by atoms with Crippen molar-refractivity contribution in [2.75, 3.05) is 0 Å². The summed E-state index contributed by atoms with van der Waals surface area (Å²) in [6.45, 7) is 1.94. The van der Waals surface area contributed by atoms with Gasteiger partial charge in [0, 0.05) is 22.5 Å². The molecule has 1 atom stereocenters. The van der Waals surface area contributed by atoms with Crippen LogP contribution >= 0.6 is 22.9 Å². The van der Waals surface area contributed by atoms with E-state index in [9.17, 15) is 5.11 Å². The van der Waals surface area contributed by atoms with Gasteiger partial charge in [0.25, 0.3) is 0 Å². The number of rotatable bonds is 3. The SMILES string of the molecule is Cc1cc(C(O)Cc2cncs2)ccc1Cl. The second-order valence-corrected chi connectivity index (χ2v) is 5.07. The Morgan fingerprint density at radius 3 is 2.94 bits per heavy atom. The Bertz CT molecular complexity index is 470. The lowest BCUT2D eigenvalue weighted by atomic mass is 10.0. The summed E-state index contributed by atoms with van der Waals surface area (Å²) in [4.78, 5) is 5.07. The number of aromatic nitrogens is 1. The molecule has 0 fully saturated rings. The van der Waals surface area contributed by atoms with Crippen LogP contribution in [0.2, 0.25) is 5.02 Å². The highest BCUT2D eigenvalue weighted by molar-refractivity contribution is 7.09. The van der Waals surface area contributed by atoms with E-state index in [1.54, 1.807) is 23.0 Å². The minimum atomic E-state index is -0.489. The predicted molar refractivity (Wildman–Crippen MR) is 67.0 cm³/mol. The zero-order valence-corrected chi connectivity index (χ0v) is 10.4. The van der Waals surface area contributed by atoms with E-state index in [0.717, 1.165) is 21.0 Å². The highest BCUT2D eigenvalue weighted by Crippen LogP contribution is 2.24. The predicted octanol–water partition coefficient (Wildman–Crippen LogP) is 3.38. The van der Waals surface area contributed by atoms with Gasteiger partial charge in [-0.2, -0.15) is 0 Å². The van der Waals surface area contributed by atoms with Gasteiger partial charge in [-0.25, -0.2) is 0 Å². The van der Waals surface area contributed by atoms with Crippen molar-refractivity contribution in [1.82, 2.24) is 4.98 Å². The summed E-state index contributed by atoms with van der Waals surface area (Å²) in [6.07, 6.45) is 1.90. The normalized spacial score (nSPS) is 12.7. The quantitative estimate of drug-likeness (QED) is 0.910. The van der Waals surface area contributed by atoms with E-state index in [2.05, 4.69) is 4.98 Å². The van der Waals surface area contributed by atoms with Crippen molar-refractivity contribution in [3.63, 3.8) is 0 Å². The Morgan fingerprint density at radius 1 is 1.50 bits per heavy atom. The highest BCUT2D eigenvalue weighted by Gasteiger charge is 2.10. The van der Waals surface area contributed by atoms with Crippen LogP contribution in [-0.2, 0) is 6.42 Å². The average molecular weight is 254 g/mol. The van der Waals surface area contributed by atoms with Crippen molar-refractivity contribution in [2.45, 2.75) is 19.4 Å². The molecule has 0 aliphatic rings. The summed E-state index contributed by atoms with van der Waals surface area (Å²) >= 11 is 7.49. The van der Waals surface area contributed by atoms with Gasteiger partial charge >= 0.3 is 0 Å². The average Bonchev–Trinajstić information content (AvgIpc) is 2.74. The highest BCUT2D eigenvalue weighted by atomic mass is 35.5. The molecule has 16 heavy (non-hydrogen) atoms. The lowest BCUT2D eigenvalue weighted by Crippen LogP contribution is -2.00. The maximum Gasteiger partial charge on any atom is 0.0838 e. The molecular weight excluding hydrogens is 242 g/mol. The lowest BCUT2D eigenvalue weighted by molar-refractivity contribution is 0.179. The standard InChI is InChI=1S/C12H12ClNOS/c1-8-4-9(2-3-11(8)13)12(15)5-10-6-14-7-16-10/h2-4,6-7,12,15H,5H2,1H3. The van der Waals surface area contributed by atoms with Crippen LogP contribution in [0, 0.1) is 6.92 Å². The van der Waals surface area contributed by atoms with E-state index in [1.807, 2.05) is 25.1 Å². The fraction of sp³-hybridized carbons (Fsp3) is 0.250. The first-order valence-electron chi connectivity index (χ1n) is 4.98. The number of aryl methyl sites for hydroxylation is 1. The molecule has 0 radical (unpaired) electrons. The summed E-state index contributed by atoms with van der Waals surface area (Å²) in [5.74, 6) is 0.